The highest BCUT2D eigenvalue weighted by atomic mass is 16.5. The molecule has 154 valence electrons. The minimum Gasteiger partial charge on any atom is -0.497 e. The number of nitrogens with zero attached hydrogens (tertiary/aromatic N) is 1. The van der Waals surface area contributed by atoms with E-state index < -0.39 is 0 Å². The Bertz CT molecular complexity index is 1100. The number of rotatable bonds is 7. The van der Waals surface area contributed by atoms with Crippen LogP contribution in [0.2, 0.25) is 0 Å². The maximum atomic E-state index is 5.45. The second kappa shape index (κ2) is 9.68. The Morgan fingerprint density at radius 1 is 0.516 bits per heavy atom. The number of anilines is 3. The van der Waals surface area contributed by atoms with Crippen molar-refractivity contribution in [3.63, 3.8) is 0 Å². The van der Waals surface area contributed by atoms with Crippen molar-refractivity contribution in [2.24, 2.45) is 0 Å². The summed E-state index contributed by atoms with van der Waals surface area (Å²) in [7, 11) is 3.37. The molecule has 0 unspecified atom stereocenters. The van der Waals surface area contributed by atoms with Crippen molar-refractivity contribution in [2.75, 3.05) is 19.1 Å². The molecule has 0 saturated carbocycles. The fourth-order valence-electron chi connectivity index (χ4n) is 3.44. The molecule has 0 amide bonds. The van der Waals surface area contributed by atoms with E-state index in [1.807, 2.05) is 54.6 Å². The average Bonchev–Trinajstić information content (AvgIpc) is 2.84. The SMILES string of the molecule is COc1cccc(N(c2ccc(/C=C/c3ccccc3)cc2)c2cccc(OC)c2)c1. The van der Waals surface area contributed by atoms with E-state index in [2.05, 4.69) is 65.6 Å². The van der Waals surface area contributed by atoms with Gasteiger partial charge in [0.1, 0.15) is 11.5 Å². The summed E-state index contributed by atoms with van der Waals surface area (Å²) < 4.78 is 10.9. The monoisotopic (exact) mass is 407 g/mol. The average molecular weight is 408 g/mol. The van der Waals surface area contributed by atoms with Crippen LogP contribution in [0, 0.1) is 0 Å². The first kappa shape index (κ1) is 20.3. The van der Waals surface area contributed by atoms with E-state index in [4.69, 9.17) is 9.47 Å². The molecule has 0 atom stereocenters. The Labute approximate surface area is 183 Å². The molecule has 0 fully saturated rings. The molecule has 0 aliphatic heterocycles. The molecular formula is C28H25NO2. The van der Waals surface area contributed by atoms with Crippen molar-refractivity contribution in [3.8, 4) is 11.5 Å². The highest BCUT2D eigenvalue weighted by molar-refractivity contribution is 5.79. The molecule has 0 aliphatic carbocycles. The van der Waals surface area contributed by atoms with Gasteiger partial charge in [0.15, 0.2) is 0 Å². The van der Waals surface area contributed by atoms with Crippen molar-refractivity contribution in [3.05, 3.63) is 114 Å². The van der Waals surface area contributed by atoms with Crippen molar-refractivity contribution in [1.29, 1.82) is 0 Å². The molecule has 31 heavy (non-hydrogen) atoms. The lowest BCUT2D eigenvalue weighted by Gasteiger charge is -2.26. The highest BCUT2D eigenvalue weighted by Gasteiger charge is 2.14. The van der Waals surface area contributed by atoms with Gasteiger partial charge in [-0.3, -0.25) is 0 Å². The van der Waals surface area contributed by atoms with E-state index in [0.29, 0.717) is 0 Å². The first-order chi connectivity index (χ1) is 15.3. The topological polar surface area (TPSA) is 21.7 Å². The Balaban J connectivity index is 1.70. The lowest BCUT2D eigenvalue weighted by Crippen LogP contribution is -2.10. The molecule has 4 aromatic carbocycles. The van der Waals surface area contributed by atoms with E-state index >= 15 is 0 Å². The molecule has 0 radical (unpaired) electrons. The largest absolute Gasteiger partial charge is 0.497 e. The number of methoxy groups -OCH3 is 2. The van der Waals surface area contributed by atoms with Gasteiger partial charge in [0.2, 0.25) is 0 Å². The van der Waals surface area contributed by atoms with E-state index in [1.54, 1.807) is 14.2 Å². The van der Waals surface area contributed by atoms with Gasteiger partial charge in [0.05, 0.1) is 14.2 Å². The predicted molar refractivity (Wildman–Crippen MR) is 130 cm³/mol. The van der Waals surface area contributed by atoms with Gasteiger partial charge in [-0.15, -0.1) is 0 Å². The number of hydrogen-bond acceptors (Lipinski definition) is 3. The van der Waals surface area contributed by atoms with Crippen LogP contribution in [-0.2, 0) is 0 Å². The summed E-state index contributed by atoms with van der Waals surface area (Å²) >= 11 is 0. The zero-order valence-electron chi connectivity index (χ0n) is 17.7. The van der Waals surface area contributed by atoms with Crippen LogP contribution in [0.25, 0.3) is 12.2 Å². The molecule has 3 heteroatoms. The maximum Gasteiger partial charge on any atom is 0.120 e. The zero-order chi connectivity index (χ0) is 21.5. The first-order valence-electron chi connectivity index (χ1n) is 10.2. The minimum absolute atomic E-state index is 0.813. The molecule has 3 nitrogen and oxygen atoms in total. The highest BCUT2D eigenvalue weighted by Crippen LogP contribution is 2.37. The Hall–Kier alpha value is -3.98. The van der Waals surface area contributed by atoms with Gasteiger partial charge in [0.25, 0.3) is 0 Å². The van der Waals surface area contributed by atoms with Gasteiger partial charge in [-0.25, -0.2) is 0 Å². The Morgan fingerprint density at radius 3 is 1.55 bits per heavy atom. The van der Waals surface area contributed by atoms with Gasteiger partial charge in [-0.2, -0.15) is 0 Å². The maximum absolute atomic E-state index is 5.45. The minimum atomic E-state index is 0.813. The van der Waals surface area contributed by atoms with Crippen LogP contribution >= 0.6 is 0 Å². The molecule has 0 N–H and O–H groups in total. The quantitative estimate of drug-likeness (QED) is 0.299. The second-order valence-corrected chi connectivity index (χ2v) is 7.07. The van der Waals surface area contributed by atoms with Crippen LogP contribution in [0.15, 0.2) is 103 Å². The molecule has 0 bridgehead atoms. The molecule has 4 aromatic rings. The smallest absolute Gasteiger partial charge is 0.120 e. The molecule has 4 rings (SSSR count). The first-order valence-corrected chi connectivity index (χ1v) is 10.2. The second-order valence-electron chi connectivity index (χ2n) is 7.07. The summed E-state index contributed by atoms with van der Waals surface area (Å²) in [6, 6.07) is 34.9. The van der Waals surface area contributed by atoms with Gasteiger partial charge in [0, 0.05) is 29.2 Å². The van der Waals surface area contributed by atoms with Gasteiger partial charge in [-0.1, -0.05) is 66.7 Å². The van der Waals surface area contributed by atoms with Gasteiger partial charge < -0.3 is 14.4 Å². The summed E-state index contributed by atoms with van der Waals surface area (Å²) in [6.45, 7) is 0. The lowest BCUT2D eigenvalue weighted by molar-refractivity contribution is 0.414. The van der Waals surface area contributed by atoms with Crippen LogP contribution < -0.4 is 14.4 Å². The molecule has 0 saturated heterocycles. The van der Waals surface area contributed by atoms with Crippen molar-refractivity contribution >= 4 is 29.2 Å². The van der Waals surface area contributed by atoms with E-state index in [9.17, 15) is 0 Å². The summed E-state index contributed by atoms with van der Waals surface area (Å²) in [5.41, 5.74) is 5.41. The van der Waals surface area contributed by atoms with E-state index in [-0.39, 0.29) is 0 Å². The number of benzene rings is 4. The predicted octanol–water partition coefficient (Wildman–Crippen LogP) is 7.34. The Kier molecular flexibility index (Phi) is 6.34. The van der Waals surface area contributed by atoms with E-state index in [0.717, 1.165) is 34.1 Å². The third-order valence-corrected chi connectivity index (χ3v) is 5.04. The number of ether oxygens (including phenoxy) is 2. The van der Waals surface area contributed by atoms with Crippen LogP contribution in [0.4, 0.5) is 17.1 Å². The molecule has 0 spiro atoms. The fourth-order valence-corrected chi connectivity index (χ4v) is 3.44. The number of hydrogen-bond donors (Lipinski definition) is 0. The third-order valence-electron chi connectivity index (χ3n) is 5.04. The van der Waals surface area contributed by atoms with Crippen LogP contribution in [0.5, 0.6) is 11.5 Å². The lowest BCUT2D eigenvalue weighted by atomic mass is 10.1. The van der Waals surface area contributed by atoms with Crippen LogP contribution in [0.3, 0.4) is 0 Å². The Morgan fingerprint density at radius 2 is 1.03 bits per heavy atom. The molecular weight excluding hydrogens is 382 g/mol. The normalized spacial score (nSPS) is 10.8. The summed E-state index contributed by atoms with van der Waals surface area (Å²) in [5, 5.41) is 0. The summed E-state index contributed by atoms with van der Waals surface area (Å²) in [6.07, 6.45) is 4.25. The summed E-state index contributed by atoms with van der Waals surface area (Å²) in [4.78, 5) is 2.19. The summed E-state index contributed by atoms with van der Waals surface area (Å²) in [5.74, 6) is 1.63. The van der Waals surface area contributed by atoms with Crippen LogP contribution in [-0.4, -0.2) is 14.2 Å². The fraction of sp³-hybridized carbons (Fsp3) is 0.0714. The van der Waals surface area contributed by atoms with Gasteiger partial charge in [-0.05, 0) is 47.5 Å². The molecule has 0 heterocycles. The van der Waals surface area contributed by atoms with Crippen LogP contribution in [0.1, 0.15) is 11.1 Å². The van der Waals surface area contributed by atoms with Crippen molar-refractivity contribution < 1.29 is 9.47 Å². The van der Waals surface area contributed by atoms with Crippen molar-refractivity contribution in [2.45, 2.75) is 0 Å². The zero-order valence-corrected chi connectivity index (χ0v) is 17.7. The van der Waals surface area contributed by atoms with Crippen molar-refractivity contribution in [1.82, 2.24) is 0 Å². The molecule has 0 aliphatic rings. The molecule has 0 aromatic heterocycles. The van der Waals surface area contributed by atoms with E-state index in [1.165, 1.54) is 5.56 Å². The standard InChI is InChI=1S/C28H25NO2/c1-30-27-12-6-10-25(20-27)29(26-11-7-13-28(21-26)31-2)24-18-16-23(17-19-24)15-14-22-8-4-3-5-9-22/h3-21H,1-2H3/b15-14+. The third kappa shape index (κ3) is 4.96. The van der Waals surface area contributed by atoms with Gasteiger partial charge >= 0.3 is 0 Å².